The molecule has 0 aliphatic rings. The SMILES string of the molecule is NCCCCCNC(=O)C(O)C(O)C(O)C(O)CO. The fourth-order valence-electron chi connectivity index (χ4n) is 1.44. The van der Waals surface area contributed by atoms with E-state index in [4.69, 9.17) is 15.9 Å². The lowest BCUT2D eigenvalue weighted by Crippen LogP contribution is -2.51. The minimum atomic E-state index is -1.87. The lowest BCUT2D eigenvalue weighted by molar-refractivity contribution is -0.148. The van der Waals surface area contributed by atoms with Crippen LogP contribution in [-0.2, 0) is 4.79 Å². The molecule has 4 atom stereocenters. The van der Waals surface area contributed by atoms with Crippen molar-refractivity contribution in [2.45, 2.75) is 43.7 Å². The highest BCUT2D eigenvalue weighted by Crippen LogP contribution is 2.05. The van der Waals surface area contributed by atoms with Crippen LogP contribution in [0.3, 0.4) is 0 Å². The van der Waals surface area contributed by atoms with Crippen LogP contribution in [0.15, 0.2) is 0 Å². The van der Waals surface area contributed by atoms with Gasteiger partial charge in [-0.25, -0.2) is 0 Å². The summed E-state index contributed by atoms with van der Waals surface area (Å²) in [4.78, 5) is 11.4. The third-order valence-electron chi connectivity index (χ3n) is 2.70. The van der Waals surface area contributed by atoms with Gasteiger partial charge < -0.3 is 36.6 Å². The van der Waals surface area contributed by atoms with E-state index >= 15 is 0 Å². The second-order valence-corrected chi connectivity index (χ2v) is 4.32. The number of nitrogens with one attached hydrogen (secondary N) is 1. The zero-order valence-electron chi connectivity index (χ0n) is 10.8. The van der Waals surface area contributed by atoms with Crippen molar-refractivity contribution in [1.82, 2.24) is 5.32 Å². The Balaban J connectivity index is 4.03. The molecule has 0 aromatic carbocycles. The van der Waals surface area contributed by atoms with Crippen molar-refractivity contribution in [1.29, 1.82) is 0 Å². The molecule has 8 heteroatoms. The average Bonchev–Trinajstić information content (AvgIpc) is 2.43. The molecule has 0 aromatic rings. The topological polar surface area (TPSA) is 156 Å². The summed E-state index contributed by atoms with van der Waals surface area (Å²) < 4.78 is 0. The summed E-state index contributed by atoms with van der Waals surface area (Å²) in [6, 6.07) is 0. The summed E-state index contributed by atoms with van der Waals surface area (Å²) in [5.74, 6) is -0.843. The molecule has 0 saturated heterocycles. The molecule has 0 rings (SSSR count). The first-order chi connectivity index (χ1) is 8.95. The molecule has 19 heavy (non-hydrogen) atoms. The van der Waals surface area contributed by atoms with Crippen LogP contribution in [0.25, 0.3) is 0 Å². The Labute approximate surface area is 111 Å². The molecule has 0 fully saturated rings. The van der Waals surface area contributed by atoms with Gasteiger partial charge in [-0.1, -0.05) is 6.42 Å². The van der Waals surface area contributed by atoms with Crippen LogP contribution in [0.1, 0.15) is 19.3 Å². The van der Waals surface area contributed by atoms with E-state index in [2.05, 4.69) is 5.32 Å². The monoisotopic (exact) mass is 280 g/mol. The van der Waals surface area contributed by atoms with E-state index < -0.39 is 36.9 Å². The molecule has 0 aromatic heterocycles. The minimum absolute atomic E-state index is 0.321. The Morgan fingerprint density at radius 2 is 1.68 bits per heavy atom. The fourth-order valence-corrected chi connectivity index (χ4v) is 1.44. The summed E-state index contributed by atoms with van der Waals surface area (Å²) in [7, 11) is 0. The van der Waals surface area contributed by atoms with E-state index in [1.807, 2.05) is 0 Å². The van der Waals surface area contributed by atoms with E-state index in [-0.39, 0.29) is 0 Å². The molecule has 0 spiro atoms. The molecular formula is C11H24N2O6. The Bertz CT molecular complexity index is 253. The van der Waals surface area contributed by atoms with E-state index in [1.165, 1.54) is 0 Å². The predicted molar refractivity (Wildman–Crippen MR) is 67.0 cm³/mol. The molecule has 0 aliphatic heterocycles. The number of nitrogens with two attached hydrogens (primary N) is 1. The van der Waals surface area contributed by atoms with Crippen molar-refractivity contribution >= 4 is 5.91 Å². The van der Waals surface area contributed by atoms with E-state index in [9.17, 15) is 20.1 Å². The second kappa shape index (κ2) is 10.1. The lowest BCUT2D eigenvalue weighted by Gasteiger charge is -2.24. The van der Waals surface area contributed by atoms with Crippen LogP contribution in [0.2, 0.25) is 0 Å². The number of rotatable bonds is 10. The molecule has 0 radical (unpaired) electrons. The number of unbranched alkanes of at least 4 members (excludes halogenated alkanes) is 2. The van der Waals surface area contributed by atoms with Gasteiger partial charge in [-0.2, -0.15) is 0 Å². The van der Waals surface area contributed by atoms with Gasteiger partial charge >= 0.3 is 0 Å². The van der Waals surface area contributed by atoms with Crippen LogP contribution >= 0.6 is 0 Å². The molecule has 114 valence electrons. The normalized spacial score (nSPS) is 17.6. The van der Waals surface area contributed by atoms with Gasteiger partial charge in [0.25, 0.3) is 5.91 Å². The van der Waals surface area contributed by atoms with Crippen LogP contribution in [0.4, 0.5) is 0 Å². The van der Waals surface area contributed by atoms with Gasteiger partial charge in [-0.15, -0.1) is 0 Å². The van der Waals surface area contributed by atoms with Crippen LogP contribution in [0, 0.1) is 0 Å². The van der Waals surface area contributed by atoms with Gasteiger partial charge in [0, 0.05) is 6.54 Å². The second-order valence-electron chi connectivity index (χ2n) is 4.32. The fraction of sp³-hybridized carbons (Fsp3) is 0.909. The first-order valence-electron chi connectivity index (χ1n) is 6.26. The van der Waals surface area contributed by atoms with Crippen molar-refractivity contribution in [3.05, 3.63) is 0 Å². The summed E-state index contributed by atoms with van der Waals surface area (Å²) in [5, 5.41) is 48.3. The molecule has 0 aliphatic carbocycles. The van der Waals surface area contributed by atoms with Crippen molar-refractivity contribution in [2.75, 3.05) is 19.7 Å². The summed E-state index contributed by atoms with van der Waals surface area (Å²) in [6.07, 6.45) is -4.81. The summed E-state index contributed by atoms with van der Waals surface area (Å²) in [5.41, 5.74) is 5.30. The number of carbonyl (C=O) groups is 1. The standard InChI is InChI=1S/C11H24N2O6/c12-4-2-1-3-5-13-11(19)10(18)9(17)8(16)7(15)6-14/h7-10,14-18H,1-6,12H2,(H,13,19). The van der Waals surface area contributed by atoms with Crippen LogP contribution in [0.5, 0.6) is 0 Å². The molecule has 4 unspecified atom stereocenters. The van der Waals surface area contributed by atoms with E-state index in [1.54, 1.807) is 0 Å². The zero-order valence-corrected chi connectivity index (χ0v) is 10.8. The number of hydrogen-bond donors (Lipinski definition) is 7. The molecule has 0 bridgehead atoms. The van der Waals surface area contributed by atoms with Gasteiger partial charge in [0.15, 0.2) is 6.10 Å². The Hall–Kier alpha value is -0.770. The van der Waals surface area contributed by atoms with Gasteiger partial charge in [0.05, 0.1) is 6.61 Å². The molecular weight excluding hydrogens is 256 g/mol. The van der Waals surface area contributed by atoms with Gasteiger partial charge in [-0.05, 0) is 19.4 Å². The van der Waals surface area contributed by atoms with Crippen LogP contribution in [-0.4, -0.2) is 75.6 Å². The highest BCUT2D eigenvalue weighted by molar-refractivity contribution is 5.81. The molecule has 0 saturated carbocycles. The Morgan fingerprint density at radius 1 is 1.05 bits per heavy atom. The number of aliphatic hydroxyl groups excluding tert-OH is 5. The van der Waals surface area contributed by atoms with Gasteiger partial charge in [-0.3, -0.25) is 4.79 Å². The number of aliphatic hydroxyl groups is 5. The van der Waals surface area contributed by atoms with Crippen molar-refractivity contribution in [3.63, 3.8) is 0 Å². The smallest absolute Gasteiger partial charge is 0.251 e. The Morgan fingerprint density at radius 3 is 2.21 bits per heavy atom. The zero-order chi connectivity index (χ0) is 14.8. The average molecular weight is 280 g/mol. The maximum atomic E-state index is 11.4. The molecule has 8 N–H and O–H groups in total. The molecule has 1 amide bonds. The Kier molecular flexibility index (Phi) is 9.66. The molecule has 8 nitrogen and oxygen atoms in total. The first-order valence-corrected chi connectivity index (χ1v) is 6.26. The maximum Gasteiger partial charge on any atom is 0.251 e. The quantitative estimate of drug-likeness (QED) is 0.206. The third kappa shape index (κ3) is 6.81. The third-order valence-corrected chi connectivity index (χ3v) is 2.70. The van der Waals surface area contributed by atoms with E-state index in [0.717, 1.165) is 12.8 Å². The van der Waals surface area contributed by atoms with Crippen LogP contribution < -0.4 is 11.1 Å². The number of carbonyl (C=O) groups excluding carboxylic acids is 1. The lowest BCUT2D eigenvalue weighted by atomic mass is 10.0. The largest absolute Gasteiger partial charge is 0.394 e. The highest BCUT2D eigenvalue weighted by Gasteiger charge is 2.33. The van der Waals surface area contributed by atoms with E-state index in [0.29, 0.717) is 19.5 Å². The van der Waals surface area contributed by atoms with Crippen molar-refractivity contribution in [2.24, 2.45) is 5.73 Å². The number of hydrogen-bond acceptors (Lipinski definition) is 7. The first kappa shape index (κ1) is 18.2. The number of amides is 1. The van der Waals surface area contributed by atoms with Gasteiger partial charge in [0.2, 0.25) is 0 Å². The van der Waals surface area contributed by atoms with Crippen molar-refractivity contribution in [3.8, 4) is 0 Å². The minimum Gasteiger partial charge on any atom is -0.394 e. The maximum absolute atomic E-state index is 11.4. The highest BCUT2D eigenvalue weighted by atomic mass is 16.4. The summed E-state index contributed by atoms with van der Waals surface area (Å²) in [6.45, 7) is 0.105. The summed E-state index contributed by atoms with van der Waals surface area (Å²) >= 11 is 0. The van der Waals surface area contributed by atoms with Crippen molar-refractivity contribution < 1.29 is 30.3 Å². The predicted octanol–water partition coefficient (Wildman–Crippen LogP) is -3.33. The van der Waals surface area contributed by atoms with Gasteiger partial charge in [0.1, 0.15) is 18.3 Å². The molecule has 0 heterocycles.